The number of piperidine rings is 1. The minimum absolute atomic E-state index is 0.0968. The fourth-order valence-electron chi connectivity index (χ4n) is 2.73. The minimum atomic E-state index is 0.0968. The van der Waals surface area contributed by atoms with Gasteiger partial charge in [-0.1, -0.05) is 18.2 Å². The molecule has 1 fully saturated rings. The maximum atomic E-state index is 12.4. The summed E-state index contributed by atoms with van der Waals surface area (Å²) >= 11 is 0. The SMILES string of the molecule is CCN(CC1CCCNC1)C(=O)Cc1ccccc1O. The van der Waals surface area contributed by atoms with Crippen molar-refractivity contribution in [3.05, 3.63) is 29.8 Å². The Hall–Kier alpha value is -1.55. The Kier molecular flexibility index (Phi) is 5.41. The second kappa shape index (κ2) is 7.29. The van der Waals surface area contributed by atoms with Crippen LogP contribution in [0.2, 0.25) is 0 Å². The maximum Gasteiger partial charge on any atom is 0.227 e. The predicted octanol–water partition coefficient (Wildman–Crippen LogP) is 1.78. The van der Waals surface area contributed by atoms with Gasteiger partial charge in [0.05, 0.1) is 6.42 Å². The maximum absolute atomic E-state index is 12.4. The number of hydrogen-bond donors (Lipinski definition) is 2. The number of carbonyl (C=O) groups excluding carboxylic acids is 1. The normalized spacial score (nSPS) is 18.8. The van der Waals surface area contributed by atoms with Crippen molar-refractivity contribution in [1.29, 1.82) is 0 Å². The Morgan fingerprint density at radius 2 is 2.25 bits per heavy atom. The molecule has 1 heterocycles. The number of hydrogen-bond acceptors (Lipinski definition) is 3. The summed E-state index contributed by atoms with van der Waals surface area (Å²) in [5, 5.41) is 13.1. The smallest absolute Gasteiger partial charge is 0.227 e. The van der Waals surface area contributed by atoms with Gasteiger partial charge in [0.1, 0.15) is 5.75 Å². The predicted molar refractivity (Wildman–Crippen MR) is 79.7 cm³/mol. The van der Waals surface area contributed by atoms with Gasteiger partial charge in [-0.25, -0.2) is 0 Å². The number of amides is 1. The molecule has 1 amide bonds. The van der Waals surface area contributed by atoms with E-state index in [2.05, 4.69) is 5.32 Å². The molecule has 4 nitrogen and oxygen atoms in total. The first-order valence-electron chi connectivity index (χ1n) is 7.46. The number of phenols is 1. The first-order chi connectivity index (χ1) is 9.70. The van der Waals surface area contributed by atoms with Crippen LogP contribution in [0.1, 0.15) is 25.3 Å². The van der Waals surface area contributed by atoms with Crippen LogP contribution in [0.5, 0.6) is 5.75 Å². The Morgan fingerprint density at radius 1 is 1.45 bits per heavy atom. The quantitative estimate of drug-likeness (QED) is 0.862. The van der Waals surface area contributed by atoms with E-state index >= 15 is 0 Å². The third kappa shape index (κ3) is 3.97. The second-order valence-corrected chi connectivity index (χ2v) is 5.45. The number of nitrogens with one attached hydrogen (secondary N) is 1. The van der Waals surface area contributed by atoms with E-state index in [1.807, 2.05) is 24.0 Å². The van der Waals surface area contributed by atoms with Crippen LogP contribution in [0.15, 0.2) is 24.3 Å². The summed E-state index contributed by atoms with van der Waals surface area (Å²) in [7, 11) is 0. The molecule has 2 rings (SSSR count). The molecule has 1 aliphatic rings. The molecular formula is C16H24N2O2. The standard InChI is InChI=1S/C16H24N2O2/c1-2-18(12-13-6-5-9-17-11-13)16(20)10-14-7-3-4-8-15(14)19/h3-4,7-8,13,17,19H,2,5-6,9-12H2,1H3. The highest BCUT2D eigenvalue weighted by Crippen LogP contribution is 2.18. The lowest BCUT2D eigenvalue weighted by atomic mass is 9.98. The Labute approximate surface area is 120 Å². The highest BCUT2D eigenvalue weighted by molar-refractivity contribution is 5.79. The lowest BCUT2D eigenvalue weighted by molar-refractivity contribution is -0.131. The summed E-state index contributed by atoms with van der Waals surface area (Å²) < 4.78 is 0. The van der Waals surface area contributed by atoms with Crippen molar-refractivity contribution in [2.75, 3.05) is 26.2 Å². The third-order valence-electron chi connectivity index (χ3n) is 3.95. The number of phenolic OH excluding ortho intramolecular Hbond substituents is 1. The van der Waals surface area contributed by atoms with Crippen molar-refractivity contribution in [3.63, 3.8) is 0 Å². The van der Waals surface area contributed by atoms with E-state index in [1.54, 1.807) is 12.1 Å². The average Bonchev–Trinajstić information content (AvgIpc) is 2.48. The summed E-state index contributed by atoms with van der Waals surface area (Å²) in [6.07, 6.45) is 2.66. The van der Waals surface area contributed by atoms with Crippen LogP contribution in [-0.4, -0.2) is 42.1 Å². The van der Waals surface area contributed by atoms with Crippen LogP contribution in [-0.2, 0) is 11.2 Å². The van der Waals surface area contributed by atoms with Gasteiger partial charge in [-0.15, -0.1) is 0 Å². The van der Waals surface area contributed by atoms with E-state index in [1.165, 1.54) is 12.8 Å². The number of para-hydroxylation sites is 1. The molecule has 1 atom stereocenters. The highest BCUT2D eigenvalue weighted by atomic mass is 16.3. The van der Waals surface area contributed by atoms with Gasteiger partial charge in [-0.3, -0.25) is 4.79 Å². The lowest BCUT2D eigenvalue weighted by Gasteiger charge is -2.29. The minimum Gasteiger partial charge on any atom is -0.508 e. The summed E-state index contributed by atoms with van der Waals surface area (Å²) in [5.74, 6) is 0.854. The van der Waals surface area contributed by atoms with Crippen LogP contribution >= 0.6 is 0 Å². The first-order valence-corrected chi connectivity index (χ1v) is 7.46. The van der Waals surface area contributed by atoms with Crippen molar-refractivity contribution in [2.24, 2.45) is 5.92 Å². The van der Waals surface area contributed by atoms with E-state index in [0.717, 1.165) is 26.2 Å². The summed E-state index contributed by atoms with van der Waals surface area (Å²) in [6.45, 7) is 5.65. The molecule has 4 heteroatoms. The molecule has 0 radical (unpaired) electrons. The molecule has 1 aliphatic heterocycles. The molecule has 20 heavy (non-hydrogen) atoms. The van der Waals surface area contributed by atoms with Gasteiger partial charge in [0.15, 0.2) is 0 Å². The third-order valence-corrected chi connectivity index (χ3v) is 3.95. The number of likely N-dealkylation sites (N-methyl/N-ethyl adjacent to an activating group) is 1. The van der Waals surface area contributed by atoms with Crippen LogP contribution in [0, 0.1) is 5.92 Å². The number of nitrogens with zero attached hydrogens (tertiary/aromatic N) is 1. The molecule has 1 saturated heterocycles. The van der Waals surface area contributed by atoms with E-state index in [4.69, 9.17) is 0 Å². The molecule has 0 spiro atoms. The molecule has 2 N–H and O–H groups in total. The van der Waals surface area contributed by atoms with Crippen molar-refractivity contribution in [3.8, 4) is 5.75 Å². The molecule has 0 saturated carbocycles. The Balaban J connectivity index is 1.93. The van der Waals surface area contributed by atoms with E-state index in [-0.39, 0.29) is 18.1 Å². The molecular weight excluding hydrogens is 252 g/mol. The molecule has 0 aliphatic carbocycles. The number of carbonyl (C=O) groups is 1. The number of rotatable bonds is 5. The van der Waals surface area contributed by atoms with Gasteiger partial charge in [0.2, 0.25) is 5.91 Å². The second-order valence-electron chi connectivity index (χ2n) is 5.45. The van der Waals surface area contributed by atoms with Gasteiger partial charge in [-0.05, 0) is 44.8 Å². The van der Waals surface area contributed by atoms with Crippen LogP contribution in [0.3, 0.4) is 0 Å². The van der Waals surface area contributed by atoms with Gasteiger partial charge in [0, 0.05) is 18.7 Å². The van der Waals surface area contributed by atoms with E-state index in [0.29, 0.717) is 11.5 Å². The van der Waals surface area contributed by atoms with Gasteiger partial charge in [0.25, 0.3) is 0 Å². The zero-order valence-electron chi connectivity index (χ0n) is 12.1. The van der Waals surface area contributed by atoms with Crippen molar-refractivity contribution < 1.29 is 9.90 Å². The fraction of sp³-hybridized carbons (Fsp3) is 0.562. The fourth-order valence-corrected chi connectivity index (χ4v) is 2.73. The Morgan fingerprint density at radius 3 is 2.90 bits per heavy atom. The van der Waals surface area contributed by atoms with Gasteiger partial charge < -0.3 is 15.3 Å². The zero-order chi connectivity index (χ0) is 14.4. The molecule has 1 unspecified atom stereocenters. The molecule has 0 aromatic heterocycles. The van der Waals surface area contributed by atoms with Crippen molar-refractivity contribution >= 4 is 5.91 Å². The highest BCUT2D eigenvalue weighted by Gasteiger charge is 2.20. The molecule has 1 aromatic carbocycles. The summed E-state index contributed by atoms with van der Waals surface area (Å²) in [5.41, 5.74) is 0.706. The van der Waals surface area contributed by atoms with Crippen molar-refractivity contribution in [1.82, 2.24) is 10.2 Å². The largest absolute Gasteiger partial charge is 0.508 e. The van der Waals surface area contributed by atoms with E-state index < -0.39 is 0 Å². The molecule has 0 bridgehead atoms. The number of benzene rings is 1. The van der Waals surface area contributed by atoms with Crippen LogP contribution in [0.4, 0.5) is 0 Å². The Bertz CT molecular complexity index is 442. The summed E-state index contributed by atoms with van der Waals surface area (Å²) in [4.78, 5) is 14.3. The van der Waals surface area contributed by atoms with Gasteiger partial charge in [-0.2, -0.15) is 0 Å². The zero-order valence-corrected chi connectivity index (χ0v) is 12.1. The monoisotopic (exact) mass is 276 g/mol. The van der Waals surface area contributed by atoms with Crippen LogP contribution in [0.25, 0.3) is 0 Å². The van der Waals surface area contributed by atoms with Gasteiger partial charge >= 0.3 is 0 Å². The number of aromatic hydroxyl groups is 1. The average molecular weight is 276 g/mol. The molecule has 110 valence electrons. The van der Waals surface area contributed by atoms with Crippen LogP contribution < -0.4 is 5.32 Å². The topological polar surface area (TPSA) is 52.6 Å². The lowest BCUT2D eigenvalue weighted by Crippen LogP contribution is -2.41. The molecule has 1 aromatic rings. The first kappa shape index (κ1) is 14.9. The van der Waals surface area contributed by atoms with Crippen molar-refractivity contribution in [2.45, 2.75) is 26.2 Å². The van der Waals surface area contributed by atoms with E-state index in [9.17, 15) is 9.90 Å². The summed E-state index contributed by atoms with van der Waals surface area (Å²) in [6, 6.07) is 7.06.